The van der Waals surface area contributed by atoms with Gasteiger partial charge in [-0.1, -0.05) is 27.7 Å². The summed E-state index contributed by atoms with van der Waals surface area (Å²) in [6.45, 7) is 9.00. The van der Waals surface area contributed by atoms with Crippen LogP contribution in [0.1, 0.15) is 40.5 Å². The number of nitrogens with one attached hydrogen (secondary N) is 4. The number of carbonyl (C=O) groups excluding carboxylic acids is 3. The van der Waals surface area contributed by atoms with Gasteiger partial charge in [-0.25, -0.2) is 0 Å². The van der Waals surface area contributed by atoms with E-state index in [1.807, 2.05) is 13.8 Å². The molecule has 4 N–H and O–H groups in total. The van der Waals surface area contributed by atoms with Crippen molar-refractivity contribution in [1.82, 2.24) is 21.3 Å². The van der Waals surface area contributed by atoms with Crippen molar-refractivity contribution in [2.24, 2.45) is 11.8 Å². The summed E-state index contributed by atoms with van der Waals surface area (Å²) in [5, 5.41) is 11.5. The molecule has 0 saturated carbocycles. The van der Waals surface area contributed by atoms with Gasteiger partial charge in [0, 0.05) is 12.6 Å². The summed E-state index contributed by atoms with van der Waals surface area (Å²) in [6.07, 6.45) is 2.31. The molecule has 2 atom stereocenters. The third-order valence-corrected chi connectivity index (χ3v) is 3.53. The summed E-state index contributed by atoms with van der Waals surface area (Å²) >= 11 is 0. The van der Waals surface area contributed by atoms with Crippen molar-refractivity contribution in [2.75, 3.05) is 26.7 Å². The fourth-order valence-corrected chi connectivity index (χ4v) is 2.48. The molecule has 0 aromatic heterocycles. The molecule has 7 heteroatoms. The lowest BCUT2D eigenvalue weighted by Gasteiger charge is -2.22. The minimum Gasteiger partial charge on any atom is -0.351 e. The Kier molecular flexibility index (Phi) is 12.1. The molecule has 0 aliphatic rings. The van der Waals surface area contributed by atoms with E-state index >= 15 is 0 Å². The molecule has 24 heavy (non-hydrogen) atoms. The highest BCUT2D eigenvalue weighted by Crippen LogP contribution is 2.05. The number of carbonyl (C=O) groups is 3. The van der Waals surface area contributed by atoms with E-state index in [9.17, 15) is 14.4 Å². The van der Waals surface area contributed by atoms with E-state index in [4.69, 9.17) is 0 Å². The van der Waals surface area contributed by atoms with Gasteiger partial charge < -0.3 is 26.1 Å². The Bertz CT molecular complexity index is 386. The fraction of sp³-hybridized carbons (Fsp3) is 0.824. The average molecular weight is 342 g/mol. The lowest BCUT2D eigenvalue weighted by Crippen LogP contribution is -2.50. The first-order valence-corrected chi connectivity index (χ1v) is 8.68. The highest BCUT2D eigenvalue weighted by molar-refractivity contribution is 5.87. The first kappa shape index (κ1) is 22.5. The van der Waals surface area contributed by atoms with Crippen LogP contribution < -0.4 is 21.3 Å². The molecule has 0 heterocycles. The van der Waals surface area contributed by atoms with Gasteiger partial charge in [-0.2, -0.15) is 0 Å². The molecule has 7 nitrogen and oxygen atoms in total. The predicted octanol–water partition coefficient (Wildman–Crippen LogP) is 0.0561. The number of hydrogen-bond donors (Lipinski definition) is 4. The number of aldehydes is 1. The van der Waals surface area contributed by atoms with Gasteiger partial charge in [0.1, 0.15) is 6.29 Å². The van der Waals surface area contributed by atoms with Gasteiger partial charge in [-0.15, -0.1) is 0 Å². The number of hydrogen-bond acceptors (Lipinski definition) is 5. The maximum Gasteiger partial charge on any atom is 0.239 e. The van der Waals surface area contributed by atoms with Crippen LogP contribution in [0, 0.1) is 11.8 Å². The van der Waals surface area contributed by atoms with Crippen LogP contribution in [0.3, 0.4) is 0 Å². The van der Waals surface area contributed by atoms with Gasteiger partial charge in [-0.05, 0) is 31.7 Å². The monoisotopic (exact) mass is 342 g/mol. The lowest BCUT2D eigenvalue weighted by molar-refractivity contribution is -0.127. The number of rotatable bonds is 13. The molecule has 0 aromatic rings. The second kappa shape index (κ2) is 12.9. The van der Waals surface area contributed by atoms with Crippen LogP contribution in [-0.4, -0.2) is 56.9 Å². The topological polar surface area (TPSA) is 99.3 Å². The zero-order chi connectivity index (χ0) is 18.5. The van der Waals surface area contributed by atoms with Crippen LogP contribution in [0.25, 0.3) is 0 Å². The van der Waals surface area contributed by atoms with E-state index in [2.05, 4.69) is 35.1 Å². The SMILES string of the molecule is CNC(CC(C)C)C(=O)NCC(=O)NC(CNCC=O)CC(C)C. The van der Waals surface area contributed by atoms with Crippen LogP contribution in [0.4, 0.5) is 0 Å². The molecule has 2 amide bonds. The van der Waals surface area contributed by atoms with E-state index in [1.165, 1.54) is 0 Å². The number of amides is 2. The normalized spacial score (nSPS) is 13.6. The Balaban J connectivity index is 4.34. The van der Waals surface area contributed by atoms with Gasteiger partial charge >= 0.3 is 0 Å². The Morgan fingerprint density at radius 1 is 1.04 bits per heavy atom. The second-order valence-electron chi connectivity index (χ2n) is 6.91. The van der Waals surface area contributed by atoms with E-state index in [0.29, 0.717) is 18.4 Å². The van der Waals surface area contributed by atoms with Crippen molar-refractivity contribution in [3.63, 3.8) is 0 Å². The lowest BCUT2D eigenvalue weighted by atomic mass is 10.0. The van der Waals surface area contributed by atoms with Gasteiger partial charge in [-0.3, -0.25) is 9.59 Å². The summed E-state index contributed by atoms with van der Waals surface area (Å²) < 4.78 is 0. The molecule has 0 saturated heterocycles. The first-order valence-electron chi connectivity index (χ1n) is 8.68. The standard InChI is InChI=1S/C17H34N4O3/c1-12(2)8-14(10-19-6-7-22)21-16(23)11-20-17(24)15(18-5)9-13(3)4/h7,12-15,18-19H,6,8-11H2,1-5H3,(H,20,24)(H,21,23). The van der Waals surface area contributed by atoms with Gasteiger partial charge in [0.05, 0.1) is 19.1 Å². The van der Waals surface area contributed by atoms with Crippen LogP contribution in [0.5, 0.6) is 0 Å². The zero-order valence-corrected chi connectivity index (χ0v) is 15.6. The Labute approximate surface area is 145 Å². The highest BCUT2D eigenvalue weighted by atomic mass is 16.2. The third kappa shape index (κ3) is 11.1. The van der Waals surface area contributed by atoms with Gasteiger partial charge in [0.2, 0.25) is 11.8 Å². The van der Waals surface area contributed by atoms with Gasteiger partial charge in [0.25, 0.3) is 0 Å². The molecule has 0 radical (unpaired) electrons. The summed E-state index contributed by atoms with van der Waals surface area (Å²) in [5.41, 5.74) is 0. The van der Waals surface area contributed by atoms with Crippen molar-refractivity contribution in [1.29, 1.82) is 0 Å². The summed E-state index contributed by atoms with van der Waals surface area (Å²) in [7, 11) is 1.74. The van der Waals surface area contributed by atoms with Crippen molar-refractivity contribution < 1.29 is 14.4 Å². The van der Waals surface area contributed by atoms with Crippen LogP contribution in [0.15, 0.2) is 0 Å². The minimum absolute atomic E-state index is 0.0443. The summed E-state index contributed by atoms with van der Waals surface area (Å²) in [5.74, 6) is 0.422. The summed E-state index contributed by atoms with van der Waals surface area (Å²) in [4.78, 5) is 34.5. The number of likely N-dealkylation sites (N-methyl/N-ethyl adjacent to an activating group) is 1. The van der Waals surface area contributed by atoms with E-state index < -0.39 is 0 Å². The second-order valence-corrected chi connectivity index (χ2v) is 6.91. The van der Waals surface area contributed by atoms with Crippen LogP contribution >= 0.6 is 0 Å². The minimum atomic E-state index is -0.293. The van der Waals surface area contributed by atoms with Crippen molar-refractivity contribution >= 4 is 18.1 Å². The molecule has 0 bridgehead atoms. The molecule has 0 aliphatic heterocycles. The quantitative estimate of drug-likeness (QED) is 0.280. The largest absolute Gasteiger partial charge is 0.351 e. The van der Waals surface area contributed by atoms with Crippen LogP contribution in [-0.2, 0) is 14.4 Å². The van der Waals surface area contributed by atoms with Gasteiger partial charge in [0.15, 0.2) is 0 Å². The molecule has 0 fully saturated rings. The fourth-order valence-electron chi connectivity index (χ4n) is 2.48. The smallest absolute Gasteiger partial charge is 0.239 e. The van der Waals surface area contributed by atoms with Crippen molar-refractivity contribution in [3.05, 3.63) is 0 Å². The first-order chi connectivity index (χ1) is 11.3. The van der Waals surface area contributed by atoms with E-state index in [0.717, 1.165) is 19.1 Å². The molecule has 0 spiro atoms. The third-order valence-electron chi connectivity index (χ3n) is 3.53. The zero-order valence-electron chi connectivity index (χ0n) is 15.6. The van der Waals surface area contributed by atoms with Crippen LogP contribution in [0.2, 0.25) is 0 Å². The Morgan fingerprint density at radius 3 is 2.17 bits per heavy atom. The van der Waals surface area contributed by atoms with E-state index in [-0.39, 0.29) is 37.0 Å². The van der Waals surface area contributed by atoms with E-state index in [1.54, 1.807) is 7.05 Å². The maximum absolute atomic E-state index is 12.1. The Hall–Kier alpha value is -1.47. The van der Waals surface area contributed by atoms with Crippen molar-refractivity contribution in [3.8, 4) is 0 Å². The average Bonchev–Trinajstić information content (AvgIpc) is 2.49. The molecule has 2 unspecified atom stereocenters. The highest BCUT2D eigenvalue weighted by Gasteiger charge is 2.19. The molecular formula is C17H34N4O3. The maximum atomic E-state index is 12.1. The van der Waals surface area contributed by atoms with Crippen molar-refractivity contribution in [2.45, 2.75) is 52.6 Å². The predicted molar refractivity (Wildman–Crippen MR) is 95.6 cm³/mol. The molecular weight excluding hydrogens is 308 g/mol. The molecule has 0 aliphatic carbocycles. The molecule has 0 aromatic carbocycles. The Morgan fingerprint density at radius 2 is 1.67 bits per heavy atom. The molecule has 0 rings (SSSR count). The molecule has 140 valence electrons. The summed E-state index contributed by atoms with van der Waals surface area (Å²) in [6, 6.07) is -0.358.